The van der Waals surface area contributed by atoms with Crippen LogP contribution in [0.15, 0.2) is 243 Å². The number of para-hydroxylation sites is 3. The van der Waals surface area contributed by atoms with E-state index < -0.39 is 0 Å². The number of aromatic nitrogens is 2. The molecule has 0 saturated heterocycles. The minimum atomic E-state index is 1.12. The molecule has 0 saturated carbocycles. The van der Waals surface area contributed by atoms with Crippen LogP contribution in [0.3, 0.4) is 0 Å². The molecule has 0 amide bonds. The fourth-order valence-corrected chi connectivity index (χ4v) is 9.68. The Kier molecular flexibility index (Phi) is 8.53. The van der Waals surface area contributed by atoms with Crippen LogP contribution in [-0.2, 0) is 0 Å². The van der Waals surface area contributed by atoms with Crippen LogP contribution in [0.25, 0.3) is 111 Å². The molecule has 0 atom stereocenters. The van der Waals surface area contributed by atoms with E-state index in [0.29, 0.717) is 0 Å². The van der Waals surface area contributed by atoms with Crippen molar-refractivity contribution in [3.63, 3.8) is 0 Å². The van der Waals surface area contributed by atoms with Gasteiger partial charge in [-0.2, -0.15) is 0 Å². The summed E-state index contributed by atoms with van der Waals surface area (Å²) in [6.45, 7) is 0. The van der Waals surface area contributed by atoms with Gasteiger partial charge in [0.1, 0.15) is 0 Å². The normalized spacial score (nSPS) is 11.5. The number of fused-ring (bicyclic) bond motifs is 6. The van der Waals surface area contributed by atoms with E-state index in [1.807, 2.05) is 0 Å². The molecule has 0 spiro atoms. The first-order chi connectivity index (χ1) is 30.8. The predicted octanol–water partition coefficient (Wildman–Crippen LogP) is 16.2. The minimum absolute atomic E-state index is 1.12. The van der Waals surface area contributed by atoms with Crippen molar-refractivity contribution in [3.8, 4) is 67.0 Å². The Morgan fingerprint density at radius 2 is 0.613 bits per heavy atom. The van der Waals surface area contributed by atoms with Gasteiger partial charge in [0.2, 0.25) is 0 Å². The van der Waals surface area contributed by atoms with Gasteiger partial charge >= 0.3 is 0 Å². The van der Waals surface area contributed by atoms with E-state index in [0.717, 1.165) is 16.9 Å². The first-order valence-electron chi connectivity index (χ1n) is 21.3. The predicted molar refractivity (Wildman–Crippen MR) is 262 cm³/mol. The average molecular weight is 789 g/mol. The minimum Gasteiger partial charge on any atom is -0.309 e. The molecule has 10 aromatic carbocycles. The molecule has 0 unspecified atom stereocenters. The topological polar surface area (TPSA) is 9.86 Å². The first-order valence-corrected chi connectivity index (χ1v) is 21.3. The molecule has 2 heterocycles. The average Bonchev–Trinajstić information content (AvgIpc) is 3.87. The van der Waals surface area contributed by atoms with Gasteiger partial charge in [-0.15, -0.1) is 0 Å². The van der Waals surface area contributed by atoms with E-state index in [1.165, 1.54) is 93.7 Å². The summed E-state index contributed by atoms with van der Waals surface area (Å²) >= 11 is 0. The third-order valence-electron chi connectivity index (χ3n) is 12.5. The maximum Gasteiger partial charge on any atom is 0.0619 e. The fraction of sp³-hybridized carbons (Fsp3) is 0. The Hall–Kier alpha value is -8.20. The Bertz CT molecular complexity index is 3580. The van der Waals surface area contributed by atoms with Gasteiger partial charge in [0.25, 0.3) is 0 Å². The van der Waals surface area contributed by atoms with Gasteiger partial charge in [0.15, 0.2) is 0 Å². The second-order valence-corrected chi connectivity index (χ2v) is 16.1. The Balaban J connectivity index is 1.05. The summed E-state index contributed by atoms with van der Waals surface area (Å²) in [6.07, 6.45) is 0. The van der Waals surface area contributed by atoms with Crippen LogP contribution in [0.4, 0.5) is 0 Å². The van der Waals surface area contributed by atoms with E-state index >= 15 is 0 Å². The largest absolute Gasteiger partial charge is 0.309 e. The summed E-state index contributed by atoms with van der Waals surface area (Å²) in [5, 5.41) is 4.95. The summed E-state index contributed by atoms with van der Waals surface area (Å²) in [6, 6.07) is 88.4. The van der Waals surface area contributed by atoms with E-state index in [2.05, 4.69) is 252 Å². The molecular formula is C60H40N2. The zero-order valence-electron chi connectivity index (χ0n) is 34.0. The number of rotatable bonds is 7. The molecule has 0 aliphatic rings. The lowest BCUT2D eigenvalue weighted by Crippen LogP contribution is -1.99. The standard InChI is InChI=1S/C60H40N2/c1-5-17-41(18-6-1)46-33-37-57-54(39-46)52-28-15-26-50(43-21-9-3-10-22-43)59(52)61(57)48-35-31-45(32-36-48)49-25-13-14-30-56(49)62-58-38-34-47(42-19-7-2-8-20-42)40-55(58)53-29-16-27-51(60(53)62)44-23-11-4-12-24-44/h1-40H. The smallest absolute Gasteiger partial charge is 0.0619 e. The van der Waals surface area contributed by atoms with E-state index in [9.17, 15) is 0 Å². The van der Waals surface area contributed by atoms with E-state index in [4.69, 9.17) is 0 Å². The van der Waals surface area contributed by atoms with Crippen LogP contribution in [-0.4, -0.2) is 9.13 Å². The highest BCUT2D eigenvalue weighted by Gasteiger charge is 2.21. The maximum absolute atomic E-state index is 2.49. The highest BCUT2D eigenvalue weighted by atomic mass is 15.0. The van der Waals surface area contributed by atoms with Crippen LogP contribution in [0, 0.1) is 0 Å². The lowest BCUT2D eigenvalue weighted by atomic mass is 10.00. The van der Waals surface area contributed by atoms with Crippen molar-refractivity contribution in [1.29, 1.82) is 0 Å². The molecule has 0 aliphatic heterocycles. The SMILES string of the molecule is c1ccc(-c2ccc3c(c2)c2cccc(-c4ccccc4)c2n3-c2ccc(-c3ccccc3-n3c4ccc(-c5ccccc5)cc4c4cccc(-c5ccccc5)c43)cc2)cc1. The molecule has 2 aromatic heterocycles. The van der Waals surface area contributed by atoms with Gasteiger partial charge in [0.05, 0.1) is 27.8 Å². The van der Waals surface area contributed by atoms with Gasteiger partial charge in [-0.05, 0) is 81.4 Å². The molecule has 62 heavy (non-hydrogen) atoms. The molecule has 0 radical (unpaired) electrons. The Labute approximate surface area is 360 Å². The lowest BCUT2D eigenvalue weighted by Gasteiger charge is -2.17. The van der Waals surface area contributed by atoms with Crippen molar-refractivity contribution in [2.24, 2.45) is 0 Å². The third-order valence-corrected chi connectivity index (χ3v) is 12.5. The molecule has 290 valence electrons. The van der Waals surface area contributed by atoms with Crippen molar-refractivity contribution >= 4 is 43.6 Å². The first kappa shape index (κ1) is 35.7. The quantitative estimate of drug-likeness (QED) is 0.152. The van der Waals surface area contributed by atoms with Gasteiger partial charge < -0.3 is 9.13 Å². The van der Waals surface area contributed by atoms with Crippen molar-refractivity contribution in [2.45, 2.75) is 0 Å². The number of nitrogens with zero attached hydrogens (tertiary/aromatic N) is 2. The maximum atomic E-state index is 2.49. The van der Waals surface area contributed by atoms with E-state index in [1.54, 1.807) is 0 Å². The molecular weight excluding hydrogens is 749 g/mol. The molecule has 2 heteroatoms. The second-order valence-electron chi connectivity index (χ2n) is 16.1. The van der Waals surface area contributed by atoms with Crippen molar-refractivity contribution in [2.75, 3.05) is 0 Å². The molecule has 0 fully saturated rings. The van der Waals surface area contributed by atoms with Crippen LogP contribution in [0.1, 0.15) is 0 Å². The van der Waals surface area contributed by atoms with Crippen LogP contribution < -0.4 is 0 Å². The zero-order chi connectivity index (χ0) is 41.0. The van der Waals surface area contributed by atoms with Gasteiger partial charge in [-0.1, -0.05) is 200 Å². The molecule has 12 rings (SSSR count). The molecule has 12 aromatic rings. The van der Waals surface area contributed by atoms with E-state index in [-0.39, 0.29) is 0 Å². The molecule has 2 nitrogen and oxygen atoms in total. The third kappa shape index (κ3) is 5.88. The van der Waals surface area contributed by atoms with Crippen molar-refractivity contribution < 1.29 is 0 Å². The van der Waals surface area contributed by atoms with Crippen molar-refractivity contribution in [1.82, 2.24) is 9.13 Å². The molecule has 0 bridgehead atoms. The summed E-state index contributed by atoms with van der Waals surface area (Å²) in [7, 11) is 0. The molecule has 0 N–H and O–H groups in total. The Morgan fingerprint density at radius 1 is 0.226 bits per heavy atom. The highest BCUT2D eigenvalue weighted by molar-refractivity contribution is 6.16. The monoisotopic (exact) mass is 788 g/mol. The van der Waals surface area contributed by atoms with Crippen molar-refractivity contribution in [3.05, 3.63) is 243 Å². The zero-order valence-corrected chi connectivity index (χ0v) is 34.0. The van der Waals surface area contributed by atoms with Gasteiger partial charge in [0, 0.05) is 43.9 Å². The lowest BCUT2D eigenvalue weighted by molar-refractivity contribution is 1.17. The summed E-state index contributed by atoms with van der Waals surface area (Å²) in [5.74, 6) is 0. The van der Waals surface area contributed by atoms with Gasteiger partial charge in [-0.3, -0.25) is 0 Å². The summed E-state index contributed by atoms with van der Waals surface area (Å²) < 4.78 is 4.95. The number of benzene rings is 10. The second kappa shape index (κ2) is 14.8. The van der Waals surface area contributed by atoms with Crippen LogP contribution >= 0.6 is 0 Å². The summed E-state index contributed by atoms with van der Waals surface area (Å²) in [5.41, 5.74) is 19.1. The number of hydrogen-bond acceptors (Lipinski definition) is 0. The molecule has 0 aliphatic carbocycles. The van der Waals surface area contributed by atoms with Crippen LogP contribution in [0.2, 0.25) is 0 Å². The summed E-state index contributed by atoms with van der Waals surface area (Å²) in [4.78, 5) is 0. The Morgan fingerprint density at radius 3 is 1.13 bits per heavy atom. The fourth-order valence-electron chi connectivity index (χ4n) is 9.68. The van der Waals surface area contributed by atoms with Gasteiger partial charge in [-0.25, -0.2) is 0 Å². The van der Waals surface area contributed by atoms with Crippen LogP contribution in [0.5, 0.6) is 0 Å². The highest BCUT2D eigenvalue weighted by Crippen LogP contribution is 2.43. The number of hydrogen-bond donors (Lipinski definition) is 0.